The van der Waals surface area contributed by atoms with E-state index in [1.54, 1.807) is 0 Å². The first-order valence-corrected chi connectivity index (χ1v) is 8.90. The fourth-order valence-electron chi connectivity index (χ4n) is 2.57. The van der Waals surface area contributed by atoms with Gasteiger partial charge in [-0.15, -0.1) is 0 Å². The summed E-state index contributed by atoms with van der Waals surface area (Å²) in [4.78, 5) is 11.3. The van der Waals surface area contributed by atoms with Crippen LogP contribution >= 0.6 is 15.9 Å². The van der Waals surface area contributed by atoms with Gasteiger partial charge in [-0.25, -0.2) is 9.97 Å². The molecule has 2 N–H and O–H groups in total. The second-order valence-electron chi connectivity index (χ2n) is 5.70. The van der Waals surface area contributed by atoms with Crippen LogP contribution < -0.4 is 10.6 Å². The van der Waals surface area contributed by atoms with Gasteiger partial charge >= 0.3 is 0 Å². The number of hydrogen-bond donors (Lipinski definition) is 2. The van der Waals surface area contributed by atoms with Gasteiger partial charge in [0.2, 0.25) is 0 Å². The Kier molecular flexibility index (Phi) is 6.01. The Labute approximate surface area is 150 Å². The quantitative estimate of drug-likeness (QED) is 0.788. The number of ether oxygens (including phenoxy) is 1. The molecule has 6 nitrogen and oxygen atoms in total. The molecule has 0 saturated carbocycles. The van der Waals surface area contributed by atoms with Crippen molar-refractivity contribution in [2.24, 2.45) is 0 Å². The summed E-state index contributed by atoms with van der Waals surface area (Å²) < 4.78 is 6.42. The number of morpholine rings is 1. The zero-order valence-corrected chi connectivity index (χ0v) is 15.3. The standard InChI is InChI=1S/C17H22BrN5O/c1-13-20-16(19-6-7-23-8-10-24-11-9-23)12-17(21-13)22-15-4-2-14(18)3-5-15/h2-5,12H,6-11H2,1H3,(H2,19,20,21,22). The van der Waals surface area contributed by atoms with E-state index in [9.17, 15) is 0 Å². The Morgan fingerprint density at radius 1 is 1.12 bits per heavy atom. The maximum atomic E-state index is 5.37. The molecule has 1 aromatic heterocycles. The van der Waals surface area contributed by atoms with Crippen molar-refractivity contribution in [3.05, 3.63) is 40.6 Å². The topological polar surface area (TPSA) is 62.3 Å². The van der Waals surface area contributed by atoms with E-state index in [2.05, 4.69) is 41.4 Å². The molecular weight excluding hydrogens is 370 g/mol. The second kappa shape index (κ2) is 8.41. The molecule has 0 unspecified atom stereocenters. The summed E-state index contributed by atoms with van der Waals surface area (Å²) in [6.45, 7) is 7.40. The molecule has 128 valence electrons. The molecule has 2 aromatic rings. The van der Waals surface area contributed by atoms with Crippen molar-refractivity contribution in [3.63, 3.8) is 0 Å². The van der Waals surface area contributed by atoms with Crippen LogP contribution in [0.4, 0.5) is 17.3 Å². The molecule has 3 rings (SSSR count). The molecule has 1 saturated heterocycles. The maximum Gasteiger partial charge on any atom is 0.136 e. The second-order valence-corrected chi connectivity index (χ2v) is 6.61. The van der Waals surface area contributed by atoms with Crippen molar-refractivity contribution in [2.45, 2.75) is 6.92 Å². The van der Waals surface area contributed by atoms with Crippen LogP contribution in [0.25, 0.3) is 0 Å². The third-order valence-corrected chi connectivity index (χ3v) is 4.32. The maximum absolute atomic E-state index is 5.37. The molecule has 0 bridgehead atoms. The number of anilines is 3. The van der Waals surface area contributed by atoms with Crippen molar-refractivity contribution in [3.8, 4) is 0 Å². The van der Waals surface area contributed by atoms with E-state index in [0.29, 0.717) is 0 Å². The third-order valence-electron chi connectivity index (χ3n) is 3.79. The highest BCUT2D eigenvalue weighted by Gasteiger charge is 2.09. The fraction of sp³-hybridized carbons (Fsp3) is 0.412. The predicted molar refractivity (Wildman–Crippen MR) is 99.9 cm³/mol. The summed E-state index contributed by atoms with van der Waals surface area (Å²) in [6.07, 6.45) is 0. The number of halogens is 1. The Hall–Kier alpha value is -1.70. The van der Waals surface area contributed by atoms with E-state index in [4.69, 9.17) is 4.74 Å². The van der Waals surface area contributed by atoms with E-state index >= 15 is 0 Å². The van der Waals surface area contributed by atoms with Gasteiger partial charge in [0.25, 0.3) is 0 Å². The van der Waals surface area contributed by atoms with Gasteiger partial charge in [0, 0.05) is 42.4 Å². The van der Waals surface area contributed by atoms with Gasteiger partial charge < -0.3 is 15.4 Å². The molecule has 2 heterocycles. The number of hydrogen-bond acceptors (Lipinski definition) is 6. The van der Waals surface area contributed by atoms with Crippen molar-refractivity contribution < 1.29 is 4.74 Å². The summed E-state index contributed by atoms with van der Waals surface area (Å²) in [5.74, 6) is 2.38. The van der Waals surface area contributed by atoms with Crippen LogP contribution in [-0.2, 0) is 4.74 Å². The minimum atomic E-state index is 0.742. The largest absolute Gasteiger partial charge is 0.379 e. The Morgan fingerprint density at radius 3 is 2.58 bits per heavy atom. The number of nitrogens with zero attached hydrogens (tertiary/aromatic N) is 3. The molecule has 0 aliphatic carbocycles. The van der Waals surface area contributed by atoms with Crippen LogP contribution in [0.2, 0.25) is 0 Å². The first-order valence-electron chi connectivity index (χ1n) is 8.11. The lowest BCUT2D eigenvalue weighted by molar-refractivity contribution is 0.0398. The number of nitrogens with one attached hydrogen (secondary N) is 2. The lowest BCUT2D eigenvalue weighted by Crippen LogP contribution is -2.39. The lowest BCUT2D eigenvalue weighted by atomic mass is 10.3. The highest BCUT2D eigenvalue weighted by molar-refractivity contribution is 9.10. The van der Waals surface area contributed by atoms with Crippen LogP contribution in [-0.4, -0.2) is 54.3 Å². The van der Waals surface area contributed by atoms with E-state index in [0.717, 1.165) is 67.0 Å². The first-order chi connectivity index (χ1) is 11.7. The molecule has 0 amide bonds. The molecule has 1 aromatic carbocycles. The molecule has 0 atom stereocenters. The smallest absolute Gasteiger partial charge is 0.136 e. The molecule has 1 aliphatic heterocycles. The van der Waals surface area contributed by atoms with Crippen LogP contribution in [0.1, 0.15) is 5.82 Å². The van der Waals surface area contributed by atoms with Gasteiger partial charge in [-0.3, -0.25) is 4.90 Å². The van der Waals surface area contributed by atoms with Gasteiger partial charge in [0.1, 0.15) is 17.5 Å². The predicted octanol–water partition coefficient (Wildman–Crippen LogP) is 3.04. The van der Waals surface area contributed by atoms with Crippen molar-refractivity contribution >= 4 is 33.3 Å². The SMILES string of the molecule is Cc1nc(NCCN2CCOCC2)cc(Nc2ccc(Br)cc2)n1. The summed E-state index contributed by atoms with van der Waals surface area (Å²) >= 11 is 3.44. The molecule has 7 heteroatoms. The average Bonchev–Trinajstić information content (AvgIpc) is 2.57. The zero-order valence-electron chi connectivity index (χ0n) is 13.8. The zero-order chi connectivity index (χ0) is 16.8. The highest BCUT2D eigenvalue weighted by atomic mass is 79.9. The van der Waals surface area contributed by atoms with Crippen LogP contribution in [0.5, 0.6) is 0 Å². The Balaban J connectivity index is 1.57. The third kappa shape index (κ3) is 5.15. The van der Waals surface area contributed by atoms with Crippen LogP contribution in [0, 0.1) is 6.92 Å². The van der Waals surface area contributed by atoms with E-state index in [1.807, 2.05) is 37.3 Å². The molecule has 1 aliphatic rings. The molecule has 24 heavy (non-hydrogen) atoms. The number of aromatic nitrogens is 2. The monoisotopic (exact) mass is 391 g/mol. The van der Waals surface area contributed by atoms with Crippen molar-refractivity contribution in [2.75, 3.05) is 50.0 Å². The summed E-state index contributed by atoms with van der Waals surface area (Å²) in [5.41, 5.74) is 0.996. The van der Waals surface area contributed by atoms with Gasteiger partial charge in [0.05, 0.1) is 13.2 Å². The summed E-state index contributed by atoms with van der Waals surface area (Å²) in [6, 6.07) is 9.95. The van der Waals surface area contributed by atoms with Crippen LogP contribution in [0.15, 0.2) is 34.8 Å². The first kappa shape index (κ1) is 17.1. The van der Waals surface area contributed by atoms with Crippen molar-refractivity contribution in [1.29, 1.82) is 0 Å². The fourth-order valence-corrected chi connectivity index (χ4v) is 2.83. The van der Waals surface area contributed by atoms with Gasteiger partial charge in [0.15, 0.2) is 0 Å². The van der Waals surface area contributed by atoms with E-state index < -0.39 is 0 Å². The number of rotatable bonds is 6. The van der Waals surface area contributed by atoms with Crippen molar-refractivity contribution in [1.82, 2.24) is 14.9 Å². The summed E-state index contributed by atoms with van der Waals surface area (Å²) in [7, 11) is 0. The normalized spacial score (nSPS) is 15.2. The van der Waals surface area contributed by atoms with Crippen LogP contribution in [0.3, 0.4) is 0 Å². The lowest BCUT2D eigenvalue weighted by Gasteiger charge is -2.26. The Morgan fingerprint density at radius 2 is 1.83 bits per heavy atom. The minimum absolute atomic E-state index is 0.742. The minimum Gasteiger partial charge on any atom is -0.379 e. The number of benzene rings is 1. The molecule has 0 radical (unpaired) electrons. The number of aryl methyl sites for hydroxylation is 1. The van der Waals surface area contributed by atoms with Gasteiger partial charge in [-0.05, 0) is 31.2 Å². The van der Waals surface area contributed by atoms with Gasteiger partial charge in [-0.1, -0.05) is 15.9 Å². The Bertz CT molecular complexity index is 659. The molecule has 0 spiro atoms. The average molecular weight is 392 g/mol. The molecule has 1 fully saturated rings. The highest BCUT2D eigenvalue weighted by Crippen LogP contribution is 2.19. The molecular formula is C17H22BrN5O. The van der Waals surface area contributed by atoms with Gasteiger partial charge in [-0.2, -0.15) is 0 Å². The summed E-state index contributed by atoms with van der Waals surface area (Å²) in [5, 5.41) is 6.70. The van der Waals surface area contributed by atoms with E-state index in [1.165, 1.54) is 0 Å². The van der Waals surface area contributed by atoms with E-state index in [-0.39, 0.29) is 0 Å².